The highest BCUT2D eigenvalue weighted by molar-refractivity contribution is 8.14. The van der Waals surface area contributed by atoms with E-state index in [9.17, 15) is 15.0 Å². The van der Waals surface area contributed by atoms with Crippen molar-refractivity contribution in [1.29, 1.82) is 0 Å². The van der Waals surface area contributed by atoms with Crippen LogP contribution in [-0.4, -0.2) is 82.2 Å². The number of pyridine rings is 1. The lowest BCUT2D eigenvalue weighted by atomic mass is 10.1. The van der Waals surface area contributed by atoms with Crippen molar-refractivity contribution in [3.05, 3.63) is 18.0 Å². The van der Waals surface area contributed by atoms with Crippen molar-refractivity contribution in [2.75, 3.05) is 45.4 Å². The molecule has 0 bridgehead atoms. The molecule has 9 nitrogen and oxygen atoms in total. The van der Waals surface area contributed by atoms with Crippen LogP contribution in [0.4, 0.5) is 0 Å². The number of aliphatic imine (C=N–C) groups is 1. The van der Waals surface area contributed by atoms with Crippen LogP contribution in [0.25, 0.3) is 0 Å². The van der Waals surface area contributed by atoms with Gasteiger partial charge in [0.25, 0.3) is 0 Å². The van der Waals surface area contributed by atoms with Gasteiger partial charge in [-0.3, -0.25) is 4.99 Å². The zero-order chi connectivity index (χ0) is 19.0. The third-order valence-electron chi connectivity index (χ3n) is 3.45. The first kappa shape index (κ1) is 20.4. The summed E-state index contributed by atoms with van der Waals surface area (Å²) in [6.45, 7) is 3.19. The van der Waals surface area contributed by atoms with Gasteiger partial charge in [-0.25, -0.2) is 9.78 Å². The number of hydrogen-bond acceptors (Lipinski definition) is 9. The third kappa shape index (κ3) is 5.56. The van der Waals surface area contributed by atoms with Crippen LogP contribution in [0.3, 0.4) is 0 Å². The molecule has 0 saturated carbocycles. The fourth-order valence-corrected chi connectivity index (χ4v) is 3.18. The second kappa shape index (κ2) is 9.72. The topological polar surface area (TPSA) is 131 Å². The Labute approximate surface area is 155 Å². The number of carboxylic acids is 1. The van der Waals surface area contributed by atoms with Crippen LogP contribution in [0.5, 0.6) is 11.5 Å². The molecule has 0 spiro atoms. The maximum atomic E-state index is 11.2. The number of aliphatic hydroxyl groups excluding tert-OH is 1. The monoisotopic (exact) mass is 386 g/mol. The van der Waals surface area contributed by atoms with Gasteiger partial charge in [0.1, 0.15) is 28.8 Å². The normalized spacial score (nSPS) is 19.4. The summed E-state index contributed by atoms with van der Waals surface area (Å²) in [7, 11) is 0. The standard InChI is InChI=1S/C16H22N2O7S/c1-16(15(21)22)10-26-14(18-16)13-12(20)8-11(9-17-13)25-7-6-24-5-4-23-3-2-19/h8-9,19-20H,2-7,10H2,1H3,(H,21,22). The molecule has 0 aromatic carbocycles. The number of ether oxygens (including phenoxy) is 3. The predicted molar refractivity (Wildman–Crippen MR) is 95.2 cm³/mol. The summed E-state index contributed by atoms with van der Waals surface area (Å²) in [6.07, 6.45) is 1.44. The van der Waals surface area contributed by atoms with Crippen molar-refractivity contribution in [3.8, 4) is 11.5 Å². The SMILES string of the molecule is CC1(C(=O)O)CSC(c2ncc(OCCOCCOCCO)cc2O)=N1. The molecule has 1 aliphatic rings. The zero-order valence-electron chi connectivity index (χ0n) is 14.4. The number of aliphatic carboxylic acids is 1. The number of nitrogens with zero attached hydrogens (tertiary/aromatic N) is 2. The molecule has 0 radical (unpaired) electrons. The lowest BCUT2D eigenvalue weighted by molar-refractivity contribution is -0.141. The molecule has 0 saturated heterocycles. The molecule has 1 aliphatic heterocycles. The molecule has 3 N–H and O–H groups in total. The highest BCUT2D eigenvalue weighted by Gasteiger charge is 2.39. The molecule has 26 heavy (non-hydrogen) atoms. The maximum absolute atomic E-state index is 11.2. The summed E-state index contributed by atoms with van der Waals surface area (Å²) in [5.74, 6) is -0.477. The third-order valence-corrected chi connectivity index (χ3v) is 4.71. The van der Waals surface area contributed by atoms with E-state index in [4.69, 9.17) is 19.3 Å². The minimum absolute atomic E-state index is 0.0178. The molecule has 1 aromatic heterocycles. The molecular weight excluding hydrogens is 364 g/mol. The molecule has 2 rings (SSSR count). The van der Waals surface area contributed by atoms with E-state index in [-0.39, 0.29) is 37.0 Å². The van der Waals surface area contributed by atoms with Gasteiger partial charge in [-0.15, -0.1) is 11.8 Å². The van der Waals surface area contributed by atoms with Gasteiger partial charge in [0.15, 0.2) is 5.54 Å². The van der Waals surface area contributed by atoms with Crippen LogP contribution in [0, 0.1) is 0 Å². The minimum Gasteiger partial charge on any atom is -0.505 e. The molecule has 2 heterocycles. The Bertz CT molecular complexity index is 655. The summed E-state index contributed by atoms with van der Waals surface area (Å²) in [6, 6.07) is 1.41. The lowest BCUT2D eigenvalue weighted by Crippen LogP contribution is -2.33. The Hall–Kier alpha value is -1.88. The second-order valence-electron chi connectivity index (χ2n) is 5.62. The van der Waals surface area contributed by atoms with Crippen molar-refractivity contribution < 1.29 is 34.3 Å². The van der Waals surface area contributed by atoms with Crippen LogP contribution >= 0.6 is 11.8 Å². The number of rotatable bonds is 11. The lowest BCUT2D eigenvalue weighted by Gasteiger charge is -2.11. The van der Waals surface area contributed by atoms with Crippen molar-refractivity contribution >= 4 is 22.8 Å². The van der Waals surface area contributed by atoms with Crippen LogP contribution < -0.4 is 4.74 Å². The van der Waals surface area contributed by atoms with E-state index in [2.05, 4.69) is 9.98 Å². The average molecular weight is 386 g/mol. The highest BCUT2D eigenvalue weighted by Crippen LogP contribution is 2.34. The Morgan fingerprint density at radius 3 is 2.58 bits per heavy atom. The van der Waals surface area contributed by atoms with Gasteiger partial charge in [0, 0.05) is 11.8 Å². The minimum atomic E-state index is -1.21. The number of thioether (sulfide) groups is 1. The fourth-order valence-electron chi connectivity index (χ4n) is 2.01. The maximum Gasteiger partial charge on any atom is 0.332 e. The smallest absolute Gasteiger partial charge is 0.332 e. The van der Waals surface area contributed by atoms with E-state index < -0.39 is 11.5 Å². The average Bonchev–Trinajstić information content (AvgIpc) is 3.01. The van der Waals surface area contributed by atoms with Gasteiger partial charge < -0.3 is 29.5 Å². The van der Waals surface area contributed by atoms with Crippen molar-refractivity contribution in [3.63, 3.8) is 0 Å². The van der Waals surface area contributed by atoms with Crippen LogP contribution in [0.15, 0.2) is 17.3 Å². The Morgan fingerprint density at radius 1 is 1.27 bits per heavy atom. The number of aromatic nitrogens is 1. The summed E-state index contributed by atoms with van der Waals surface area (Å²) in [5.41, 5.74) is -0.966. The number of hydrogen-bond donors (Lipinski definition) is 3. The fraction of sp³-hybridized carbons (Fsp3) is 0.562. The molecule has 144 valence electrons. The van der Waals surface area contributed by atoms with Gasteiger partial charge >= 0.3 is 5.97 Å². The molecule has 10 heteroatoms. The molecular formula is C16H22N2O7S. The molecule has 0 amide bonds. The van der Waals surface area contributed by atoms with Crippen LogP contribution in [0.2, 0.25) is 0 Å². The van der Waals surface area contributed by atoms with E-state index in [0.717, 1.165) is 0 Å². The van der Waals surface area contributed by atoms with Crippen molar-refractivity contribution in [2.24, 2.45) is 4.99 Å². The van der Waals surface area contributed by atoms with Gasteiger partial charge in [0.05, 0.1) is 39.2 Å². The van der Waals surface area contributed by atoms with Crippen molar-refractivity contribution in [2.45, 2.75) is 12.5 Å². The molecule has 0 aliphatic carbocycles. The largest absolute Gasteiger partial charge is 0.505 e. The Morgan fingerprint density at radius 2 is 1.96 bits per heavy atom. The molecule has 1 atom stereocenters. The summed E-state index contributed by atoms with van der Waals surface area (Å²) in [4.78, 5) is 19.5. The van der Waals surface area contributed by atoms with E-state index in [1.807, 2.05) is 0 Å². The Balaban J connectivity index is 1.82. The van der Waals surface area contributed by atoms with E-state index in [1.165, 1.54) is 30.9 Å². The molecule has 0 fully saturated rings. The number of carbonyl (C=O) groups is 1. The van der Waals surface area contributed by atoms with Crippen molar-refractivity contribution in [1.82, 2.24) is 4.98 Å². The first-order valence-corrected chi connectivity index (χ1v) is 8.99. The first-order valence-electron chi connectivity index (χ1n) is 8.01. The van der Waals surface area contributed by atoms with Gasteiger partial charge in [-0.1, -0.05) is 0 Å². The summed E-state index contributed by atoms with van der Waals surface area (Å²) >= 11 is 1.24. The quantitative estimate of drug-likeness (QED) is 0.466. The predicted octanol–water partition coefficient (Wildman–Crippen LogP) is 0.528. The second-order valence-corrected chi connectivity index (χ2v) is 6.58. The van der Waals surface area contributed by atoms with E-state index >= 15 is 0 Å². The van der Waals surface area contributed by atoms with Crippen LogP contribution in [0.1, 0.15) is 12.6 Å². The number of carboxylic acid groups (broad SMARTS) is 1. The highest BCUT2D eigenvalue weighted by atomic mass is 32.2. The summed E-state index contributed by atoms with van der Waals surface area (Å²) < 4.78 is 15.8. The van der Waals surface area contributed by atoms with E-state index in [1.54, 1.807) is 0 Å². The van der Waals surface area contributed by atoms with Gasteiger partial charge in [-0.05, 0) is 6.92 Å². The molecule has 1 unspecified atom stereocenters. The van der Waals surface area contributed by atoms with Gasteiger partial charge in [-0.2, -0.15) is 0 Å². The van der Waals surface area contributed by atoms with Gasteiger partial charge in [0.2, 0.25) is 0 Å². The Kier molecular flexibility index (Phi) is 7.64. The molecule has 1 aromatic rings. The summed E-state index contributed by atoms with van der Waals surface area (Å²) in [5, 5.41) is 28.3. The van der Waals surface area contributed by atoms with E-state index in [0.29, 0.717) is 30.6 Å². The number of aliphatic hydroxyl groups is 1. The number of aromatic hydroxyl groups is 1. The zero-order valence-corrected chi connectivity index (χ0v) is 15.2. The first-order chi connectivity index (χ1) is 12.5. The van der Waals surface area contributed by atoms with Crippen LogP contribution in [-0.2, 0) is 14.3 Å².